The Bertz CT molecular complexity index is 163. The van der Waals surface area contributed by atoms with Crippen molar-refractivity contribution in [1.82, 2.24) is 4.90 Å². The first-order valence-corrected chi connectivity index (χ1v) is 4.04. The summed E-state index contributed by atoms with van der Waals surface area (Å²) in [6.07, 6.45) is 0.0538. The van der Waals surface area contributed by atoms with Crippen LogP contribution in [-0.2, 0) is 9.53 Å². The second-order valence-electron chi connectivity index (χ2n) is 2.93. The van der Waals surface area contributed by atoms with Crippen LogP contribution < -0.4 is 11.5 Å². The monoisotopic (exact) mass is 173 g/mol. The number of hydrogen-bond donors (Lipinski definition) is 2. The first kappa shape index (κ1) is 9.44. The molecule has 1 unspecified atom stereocenters. The van der Waals surface area contributed by atoms with E-state index in [0.29, 0.717) is 26.2 Å². The maximum absolute atomic E-state index is 10.6. The van der Waals surface area contributed by atoms with Gasteiger partial charge in [0.2, 0.25) is 5.91 Å². The van der Waals surface area contributed by atoms with Crippen LogP contribution in [0.5, 0.6) is 0 Å². The van der Waals surface area contributed by atoms with Crippen molar-refractivity contribution in [2.75, 3.05) is 32.8 Å². The van der Waals surface area contributed by atoms with Gasteiger partial charge in [-0.3, -0.25) is 9.69 Å². The highest BCUT2D eigenvalue weighted by Gasteiger charge is 2.19. The molecule has 0 aromatic carbocycles. The topological polar surface area (TPSA) is 81.6 Å². The molecule has 0 spiro atoms. The molecule has 5 nitrogen and oxygen atoms in total. The number of primary amides is 1. The lowest BCUT2D eigenvalue weighted by molar-refractivity contribution is -0.121. The summed E-state index contributed by atoms with van der Waals surface area (Å²) in [6, 6.07) is 0. The number of carbonyl (C=O) groups is 1. The zero-order chi connectivity index (χ0) is 8.97. The van der Waals surface area contributed by atoms with Gasteiger partial charge >= 0.3 is 0 Å². The Labute approximate surface area is 71.6 Å². The van der Waals surface area contributed by atoms with E-state index >= 15 is 0 Å². The standard InChI is InChI=1S/C7H15N3O2/c8-3-6-4-10(1-2-12-6)5-7(9)11/h6H,1-5,8H2,(H2,9,11). The van der Waals surface area contributed by atoms with E-state index in [1.165, 1.54) is 0 Å². The summed E-state index contributed by atoms with van der Waals surface area (Å²) in [4.78, 5) is 12.5. The number of nitrogens with zero attached hydrogens (tertiary/aromatic N) is 1. The third-order valence-electron chi connectivity index (χ3n) is 1.87. The Morgan fingerprint density at radius 2 is 2.42 bits per heavy atom. The molecule has 0 aromatic heterocycles. The number of carbonyl (C=O) groups excluding carboxylic acids is 1. The highest BCUT2D eigenvalue weighted by molar-refractivity contribution is 5.75. The lowest BCUT2D eigenvalue weighted by Gasteiger charge is -2.31. The van der Waals surface area contributed by atoms with E-state index in [2.05, 4.69) is 0 Å². The molecule has 1 saturated heterocycles. The average Bonchev–Trinajstić information content (AvgIpc) is 2.03. The molecular weight excluding hydrogens is 158 g/mol. The van der Waals surface area contributed by atoms with E-state index in [4.69, 9.17) is 16.2 Å². The van der Waals surface area contributed by atoms with Crippen molar-refractivity contribution < 1.29 is 9.53 Å². The van der Waals surface area contributed by atoms with Gasteiger partial charge in [-0.1, -0.05) is 0 Å². The van der Waals surface area contributed by atoms with E-state index in [9.17, 15) is 4.79 Å². The fourth-order valence-corrected chi connectivity index (χ4v) is 1.29. The molecule has 70 valence electrons. The quantitative estimate of drug-likeness (QED) is 0.524. The maximum atomic E-state index is 10.6. The first-order chi connectivity index (χ1) is 5.72. The smallest absolute Gasteiger partial charge is 0.231 e. The summed E-state index contributed by atoms with van der Waals surface area (Å²) in [5, 5.41) is 0. The molecule has 5 heteroatoms. The largest absolute Gasteiger partial charge is 0.374 e. The summed E-state index contributed by atoms with van der Waals surface area (Å²) in [7, 11) is 0. The number of ether oxygens (including phenoxy) is 1. The van der Waals surface area contributed by atoms with Gasteiger partial charge in [-0.15, -0.1) is 0 Å². The van der Waals surface area contributed by atoms with E-state index in [1.54, 1.807) is 0 Å². The molecule has 1 atom stereocenters. The van der Waals surface area contributed by atoms with E-state index in [0.717, 1.165) is 6.54 Å². The third kappa shape index (κ3) is 2.77. The van der Waals surface area contributed by atoms with Crippen molar-refractivity contribution in [3.05, 3.63) is 0 Å². The van der Waals surface area contributed by atoms with E-state index in [1.807, 2.05) is 4.90 Å². The van der Waals surface area contributed by atoms with Crippen molar-refractivity contribution in [3.63, 3.8) is 0 Å². The summed E-state index contributed by atoms with van der Waals surface area (Å²) < 4.78 is 5.32. The summed E-state index contributed by atoms with van der Waals surface area (Å²) in [5.74, 6) is -0.298. The summed E-state index contributed by atoms with van der Waals surface area (Å²) in [6.45, 7) is 2.91. The minimum absolute atomic E-state index is 0.0538. The van der Waals surface area contributed by atoms with Crippen LogP contribution in [0.25, 0.3) is 0 Å². The predicted octanol–water partition coefficient (Wildman–Crippen LogP) is -1.87. The second-order valence-corrected chi connectivity index (χ2v) is 2.93. The normalized spacial score (nSPS) is 25.6. The molecule has 12 heavy (non-hydrogen) atoms. The van der Waals surface area contributed by atoms with Crippen molar-refractivity contribution in [3.8, 4) is 0 Å². The van der Waals surface area contributed by atoms with Crippen molar-refractivity contribution in [1.29, 1.82) is 0 Å². The van der Waals surface area contributed by atoms with Crippen LogP contribution in [0.1, 0.15) is 0 Å². The van der Waals surface area contributed by atoms with Crippen molar-refractivity contribution >= 4 is 5.91 Å². The number of amides is 1. The molecule has 0 aromatic rings. The average molecular weight is 173 g/mol. The molecule has 0 radical (unpaired) electrons. The van der Waals surface area contributed by atoms with Crippen molar-refractivity contribution in [2.45, 2.75) is 6.10 Å². The molecule has 0 bridgehead atoms. The van der Waals surface area contributed by atoms with Crippen LogP contribution >= 0.6 is 0 Å². The van der Waals surface area contributed by atoms with Crippen LogP contribution in [0.2, 0.25) is 0 Å². The minimum Gasteiger partial charge on any atom is -0.374 e. The van der Waals surface area contributed by atoms with Gasteiger partial charge < -0.3 is 16.2 Å². The number of morpholine rings is 1. The van der Waals surface area contributed by atoms with E-state index < -0.39 is 0 Å². The predicted molar refractivity (Wildman–Crippen MR) is 44.4 cm³/mol. The molecule has 1 amide bonds. The van der Waals surface area contributed by atoms with Gasteiger partial charge in [0, 0.05) is 19.6 Å². The van der Waals surface area contributed by atoms with Gasteiger partial charge in [0.25, 0.3) is 0 Å². The minimum atomic E-state index is -0.298. The van der Waals surface area contributed by atoms with Crippen molar-refractivity contribution in [2.24, 2.45) is 11.5 Å². The van der Waals surface area contributed by atoms with Gasteiger partial charge in [-0.05, 0) is 0 Å². The molecule has 1 rings (SSSR count). The lowest BCUT2D eigenvalue weighted by atomic mass is 10.2. The summed E-state index contributed by atoms with van der Waals surface area (Å²) >= 11 is 0. The van der Waals surface area contributed by atoms with Crippen LogP contribution in [0.4, 0.5) is 0 Å². The van der Waals surface area contributed by atoms with Gasteiger partial charge in [0.05, 0.1) is 19.3 Å². The Kier molecular flexibility index (Phi) is 3.46. The van der Waals surface area contributed by atoms with Crippen LogP contribution in [-0.4, -0.2) is 49.7 Å². The van der Waals surface area contributed by atoms with Gasteiger partial charge in [-0.2, -0.15) is 0 Å². The molecule has 1 heterocycles. The Morgan fingerprint density at radius 3 is 3.00 bits per heavy atom. The van der Waals surface area contributed by atoms with Crippen LogP contribution in [0.3, 0.4) is 0 Å². The first-order valence-electron chi connectivity index (χ1n) is 4.04. The molecule has 4 N–H and O–H groups in total. The molecule has 0 aliphatic carbocycles. The number of hydrogen-bond acceptors (Lipinski definition) is 4. The van der Waals surface area contributed by atoms with Gasteiger partial charge in [0.1, 0.15) is 0 Å². The lowest BCUT2D eigenvalue weighted by Crippen LogP contribution is -2.48. The Balaban J connectivity index is 2.30. The van der Waals surface area contributed by atoms with Crippen LogP contribution in [0.15, 0.2) is 0 Å². The Morgan fingerprint density at radius 1 is 1.67 bits per heavy atom. The molecular formula is C7H15N3O2. The number of nitrogens with two attached hydrogens (primary N) is 2. The highest BCUT2D eigenvalue weighted by atomic mass is 16.5. The summed E-state index contributed by atoms with van der Waals surface area (Å²) in [5.41, 5.74) is 10.5. The fraction of sp³-hybridized carbons (Fsp3) is 0.857. The number of rotatable bonds is 3. The molecule has 1 aliphatic heterocycles. The highest BCUT2D eigenvalue weighted by Crippen LogP contribution is 2.02. The molecule has 0 saturated carbocycles. The van der Waals surface area contributed by atoms with E-state index in [-0.39, 0.29) is 12.0 Å². The van der Waals surface area contributed by atoms with Gasteiger partial charge in [0.15, 0.2) is 0 Å². The Hall–Kier alpha value is -0.650. The second kappa shape index (κ2) is 4.39. The fourth-order valence-electron chi connectivity index (χ4n) is 1.29. The molecule has 1 fully saturated rings. The maximum Gasteiger partial charge on any atom is 0.231 e. The third-order valence-corrected chi connectivity index (χ3v) is 1.87. The molecule has 1 aliphatic rings. The van der Waals surface area contributed by atoms with Gasteiger partial charge in [-0.25, -0.2) is 0 Å². The van der Waals surface area contributed by atoms with Crippen LogP contribution in [0, 0.1) is 0 Å². The SMILES string of the molecule is NCC1CN(CC(N)=O)CCO1. The zero-order valence-corrected chi connectivity index (χ0v) is 7.03. The zero-order valence-electron chi connectivity index (χ0n) is 7.03.